The number of halogens is 1. The van der Waals surface area contributed by atoms with Crippen molar-refractivity contribution in [2.45, 2.75) is 4.90 Å². The zero-order valence-corrected chi connectivity index (χ0v) is 14.6. The summed E-state index contributed by atoms with van der Waals surface area (Å²) in [5.41, 5.74) is 1.47. The van der Waals surface area contributed by atoms with Crippen LogP contribution in [0.1, 0.15) is 0 Å². The molecule has 0 spiro atoms. The molecule has 0 saturated carbocycles. The summed E-state index contributed by atoms with van der Waals surface area (Å²) in [6, 6.07) is 19.7. The predicted octanol–water partition coefficient (Wildman–Crippen LogP) is 4.45. The molecule has 2 N–H and O–H groups in total. The molecule has 0 atom stereocenters. The zero-order valence-electron chi connectivity index (χ0n) is 11.4. The molecular weight excluding hydrogens is 413 g/mol. The van der Waals surface area contributed by atoms with Crippen molar-refractivity contribution in [3.63, 3.8) is 0 Å². The highest BCUT2D eigenvalue weighted by molar-refractivity contribution is 14.0. The van der Waals surface area contributed by atoms with Gasteiger partial charge in [-0.05, 0) is 29.7 Å². The lowest BCUT2D eigenvalue weighted by Gasteiger charge is -2.12. The van der Waals surface area contributed by atoms with E-state index in [9.17, 15) is 13.0 Å². The summed E-state index contributed by atoms with van der Waals surface area (Å²) in [6.45, 7) is 0. The van der Waals surface area contributed by atoms with Crippen LogP contribution in [0.25, 0.3) is 10.8 Å². The van der Waals surface area contributed by atoms with Gasteiger partial charge in [-0.1, -0.05) is 42.5 Å². The quantitative estimate of drug-likeness (QED) is 0.479. The van der Waals surface area contributed by atoms with E-state index in [2.05, 4.69) is 5.32 Å². The second kappa shape index (κ2) is 6.64. The first-order valence-corrected chi connectivity index (χ1v) is 7.81. The molecule has 6 heteroatoms. The Morgan fingerprint density at radius 1 is 0.818 bits per heavy atom. The average molecular weight is 427 g/mol. The number of rotatable bonds is 3. The number of para-hydroxylation sites is 1. The average Bonchev–Trinajstić information content (AvgIpc) is 2.47. The van der Waals surface area contributed by atoms with Crippen LogP contribution in [0, 0.1) is 0 Å². The summed E-state index contributed by atoms with van der Waals surface area (Å²) in [5.74, 6) is 0. The van der Waals surface area contributed by atoms with E-state index in [1.165, 1.54) is 6.07 Å². The first-order chi connectivity index (χ1) is 10.1. The summed E-state index contributed by atoms with van der Waals surface area (Å²) in [5, 5.41) is 4.40. The van der Waals surface area contributed by atoms with E-state index in [0.29, 0.717) is 11.1 Å². The smallest absolute Gasteiger partial charge is 0.295 e. The van der Waals surface area contributed by atoms with Crippen molar-refractivity contribution in [2.24, 2.45) is 0 Å². The molecular formula is C16H14INO3S. The summed E-state index contributed by atoms with van der Waals surface area (Å²) in [6.07, 6.45) is 0. The zero-order chi connectivity index (χ0) is 14.9. The minimum Gasteiger partial charge on any atom is -0.355 e. The van der Waals surface area contributed by atoms with Gasteiger partial charge in [0, 0.05) is 16.8 Å². The molecule has 22 heavy (non-hydrogen) atoms. The van der Waals surface area contributed by atoms with Gasteiger partial charge in [-0.2, -0.15) is 8.42 Å². The summed E-state index contributed by atoms with van der Waals surface area (Å²) in [4.78, 5) is -0.0981. The highest BCUT2D eigenvalue weighted by Crippen LogP contribution is 2.31. The largest absolute Gasteiger partial charge is 0.355 e. The van der Waals surface area contributed by atoms with Gasteiger partial charge in [0.05, 0.1) is 0 Å². The summed E-state index contributed by atoms with van der Waals surface area (Å²) in [7, 11) is -4.28. The minimum atomic E-state index is -4.28. The van der Waals surface area contributed by atoms with Crippen LogP contribution in [0.3, 0.4) is 0 Å². The third-order valence-corrected chi connectivity index (χ3v) is 4.09. The molecule has 3 aromatic rings. The molecule has 4 nitrogen and oxygen atoms in total. The lowest BCUT2D eigenvalue weighted by atomic mass is 10.1. The molecule has 0 aliphatic rings. The second-order valence-corrected chi connectivity index (χ2v) is 6.02. The van der Waals surface area contributed by atoms with Crippen molar-refractivity contribution in [3.8, 4) is 0 Å². The van der Waals surface area contributed by atoms with Gasteiger partial charge in [0.1, 0.15) is 4.90 Å². The third kappa shape index (κ3) is 3.40. The fourth-order valence-electron chi connectivity index (χ4n) is 2.30. The first kappa shape index (κ1) is 16.7. The van der Waals surface area contributed by atoms with Crippen LogP contribution in [-0.4, -0.2) is 13.0 Å². The van der Waals surface area contributed by atoms with Crippen LogP contribution in [0.15, 0.2) is 71.6 Å². The van der Waals surface area contributed by atoms with E-state index in [-0.39, 0.29) is 28.9 Å². The minimum absolute atomic E-state index is 0. The number of nitrogens with one attached hydrogen (secondary N) is 1. The molecule has 3 rings (SSSR count). The molecule has 0 aliphatic carbocycles. The molecule has 0 bridgehead atoms. The number of anilines is 2. The van der Waals surface area contributed by atoms with Gasteiger partial charge >= 0.3 is 0 Å². The molecule has 0 heterocycles. The molecule has 114 valence electrons. The highest BCUT2D eigenvalue weighted by atomic mass is 127. The maximum Gasteiger partial charge on any atom is 0.295 e. The lowest BCUT2D eigenvalue weighted by Crippen LogP contribution is -2.01. The van der Waals surface area contributed by atoms with Crippen LogP contribution in [0.5, 0.6) is 0 Å². The Balaban J connectivity index is 0.00000176. The number of benzene rings is 3. The standard InChI is InChI=1S/C16H13NO3S.HI/c18-21(19,20)15-11-5-7-12-6-4-10-14(16(12)15)17-13-8-2-1-3-9-13;/h1-11,17H,(H,18,19,20);1H. The number of hydrogen-bond donors (Lipinski definition) is 2. The fraction of sp³-hybridized carbons (Fsp3) is 0. The van der Waals surface area contributed by atoms with Crippen LogP contribution >= 0.6 is 24.0 Å². The van der Waals surface area contributed by atoms with Crippen LogP contribution in [0.2, 0.25) is 0 Å². The third-order valence-electron chi connectivity index (χ3n) is 3.20. The van der Waals surface area contributed by atoms with Crippen molar-refractivity contribution in [2.75, 3.05) is 5.32 Å². The topological polar surface area (TPSA) is 66.4 Å². The fourth-order valence-corrected chi connectivity index (χ4v) is 3.04. The van der Waals surface area contributed by atoms with Gasteiger partial charge in [-0.15, -0.1) is 24.0 Å². The van der Waals surface area contributed by atoms with Crippen LogP contribution in [-0.2, 0) is 10.1 Å². The highest BCUT2D eigenvalue weighted by Gasteiger charge is 2.16. The van der Waals surface area contributed by atoms with Crippen LogP contribution < -0.4 is 5.32 Å². The Hall–Kier alpha value is -1.64. The Kier molecular flexibility index (Phi) is 5.05. The predicted molar refractivity (Wildman–Crippen MR) is 98.9 cm³/mol. The van der Waals surface area contributed by atoms with Crippen molar-refractivity contribution >= 4 is 56.2 Å². The molecule has 0 unspecified atom stereocenters. The number of fused-ring (bicyclic) bond motifs is 1. The molecule has 3 aromatic carbocycles. The number of hydrogen-bond acceptors (Lipinski definition) is 3. The van der Waals surface area contributed by atoms with Crippen molar-refractivity contribution in [1.82, 2.24) is 0 Å². The van der Waals surface area contributed by atoms with Gasteiger partial charge in [-0.25, -0.2) is 0 Å². The maximum atomic E-state index is 11.6. The molecule has 0 amide bonds. The molecule has 0 saturated heterocycles. The van der Waals surface area contributed by atoms with Crippen molar-refractivity contribution < 1.29 is 13.0 Å². The Bertz CT molecular complexity index is 890. The van der Waals surface area contributed by atoms with Gasteiger partial charge in [-0.3, -0.25) is 4.55 Å². The lowest BCUT2D eigenvalue weighted by molar-refractivity contribution is 0.484. The van der Waals surface area contributed by atoms with Gasteiger partial charge in [0.25, 0.3) is 10.1 Å². The van der Waals surface area contributed by atoms with E-state index < -0.39 is 10.1 Å². The Morgan fingerprint density at radius 3 is 2.09 bits per heavy atom. The summed E-state index contributed by atoms with van der Waals surface area (Å²) < 4.78 is 32.6. The Labute approximate surface area is 145 Å². The normalized spacial score (nSPS) is 11.0. The Morgan fingerprint density at radius 2 is 1.45 bits per heavy atom. The van der Waals surface area contributed by atoms with E-state index in [0.717, 1.165) is 11.1 Å². The maximum absolute atomic E-state index is 11.6. The van der Waals surface area contributed by atoms with E-state index >= 15 is 0 Å². The molecule has 0 aliphatic heterocycles. The van der Waals surface area contributed by atoms with E-state index in [1.807, 2.05) is 36.4 Å². The first-order valence-electron chi connectivity index (χ1n) is 6.37. The molecule has 0 fully saturated rings. The van der Waals surface area contributed by atoms with Gasteiger partial charge < -0.3 is 5.32 Å². The summed E-state index contributed by atoms with van der Waals surface area (Å²) >= 11 is 0. The van der Waals surface area contributed by atoms with Crippen LogP contribution in [0.4, 0.5) is 11.4 Å². The van der Waals surface area contributed by atoms with E-state index in [4.69, 9.17) is 0 Å². The van der Waals surface area contributed by atoms with Crippen molar-refractivity contribution in [1.29, 1.82) is 0 Å². The van der Waals surface area contributed by atoms with Crippen molar-refractivity contribution in [3.05, 3.63) is 66.7 Å². The SMILES string of the molecule is I.O=S(=O)(O)c1cccc2cccc(Nc3ccccc3)c12. The molecule has 0 radical (unpaired) electrons. The molecule has 0 aromatic heterocycles. The van der Waals surface area contributed by atoms with Gasteiger partial charge in [0.15, 0.2) is 0 Å². The van der Waals surface area contributed by atoms with E-state index in [1.54, 1.807) is 24.3 Å². The second-order valence-electron chi connectivity index (χ2n) is 4.63. The monoisotopic (exact) mass is 427 g/mol. The van der Waals surface area contributed by atoms with Gasteiger partial charge in [0.2, 0.25) is 0 Å².